The summed E-state index contributed by atoms with van der Waals surface area (Å²) in [4.78, 5) is 21.6. The fourth-order valence-corrected chi connectivity index (χ4v) is 3.63. The third kappa shape index (κ3) is 4.37. The number of hydrogen-bond acceptors (Lipinski definition) is 6. The lowest BCUT2D eigenvalue weighted by Gasteiger charge is -2.22. The number of thiazole rings is 1. The van der Waals surface area contributed by atoms with Gasteiger partial charge in [0.25, 0.3) is 5.91 Å². The predicted octanol–water partition coefficient (Wildman–Crippen LogP) is 3.52. The Bertz CT molecular complexity index is 922. The highest BCUT2D eigenvalue weighted by Crippen LogP contribution is 2.32. The molecule has 7 heteroatoms. The molecule has 0 atom stereocenters. The smallest absolute Gasteiger partial charge is 0.260 e. The van der Waals surface area contributed by atoms with Crippen molar-refractivity contribution in [1.29, 1.82) is 0 Å². The van der Waals surface area contributed by atoms with Gasteiger partial charge >= 0.3 is 0 Å². The quantitative estimate of drug-likeness (QED) is 0.623. The summed E-state index contributed by atoms with van der Waals surface area (Å²) in [5.41, 5.74) is 1.46. The molecule has 1 amide bonds. The molecule has 0 N–H and O–H groups in total. The molecule has 0 saturated heterocycles. The minimum atomic E-state index is -0.0782. The number of fused-ring (bicyclic) bond motifs is 1. The first kappa shape index (κ1) is 19.1. The molecule has 1 heterocycles. The highest BCUT2D eigenvalue weighted by molar-refractivity contribution is 7.22. The number of carbonyl (C=O) groups excluding carboxylic acids is 1. The lowest BCUT2D eigenvalue weighted by Crippen LogP contribution is -2.36. The molecular weight excluding hydrogens is 362 g/mol. The molecule has 0 unspecified atom stereocenters. The van der Waals surface area contributed by atoms with E-state index in [1.54, 1.807) is 43.4 Å². The van der Waals surface area contributed by atoms with Crippen LogP contribution in [-0.2, 0) is 0 Å². The topological polar surface area (TPSA) is 54.9 Å². The molecule has 0 saturated carbocycles. The molecule has 6 nitrogen and oxygen atoms in total. The van der Waals surface area contributed by atoms with Crippen molar-refractivity contribution in [2.75, 3.05) is 46.3 Å². The number of rotatable bonds is 7. The number of likely N-dealkylation sites (N-methyl/N-ethyl adjacent to an activating group) is 1. The third-order valence-corrected chi connectivity index (χ3v) is 5.21. The average Bonchev–Trinajstić information content (AvgIpc) is 3.10. The van der Waals surface area contributed by atoms with Crippen LogP contribution in [0.25, 0.3) is 10.2 Å². The molecule has 0 fully saturated rings. The summed E-state index contributed by atoms with van der Waals surface area (Å²) in [5, 5.41) is 0.681. The van der Waals surface area contributed by atoms with Gasteiger partial charge in [-0.2, -0.15) is 0 Å². The van der Waals surface area contributed by atoms with Gasteiger partial charge in [0.05, 0.1) is 24.4 Å². The fraction of sp³-hybridized carbons (Fsp3) is 0.300. The van der Waals surface area contributed by atoms with E-state index in [1.807, 2.05) is 37.2 Å². The van der Waals surface area contributed by atoms with Crippen molar-refractivity contribution in [1.82, 2.24) is 9.88 Å². The Labute approximate surface area is 162 Å². The highest BCUT2D eigenvalue weighted by Gasteiger charge is 2.21. The first-order chi connectivity index (χ1) is 13.0. The molecule has 0 aliphatic carbocycles. The second-order valence-corrected chi connectivity index (χ2v) is 7.33. The van der Waals surface area contributed by atoms with Gasteiger partial charge in [-0.15, -0.1) is 0 Å². The molecular formula is C20H23N3O3S. The number of nitrogens with zero attached hydrogens (tertiary/aromatic N) is 3. The van der Waals surface area contributed by atoms with E-state index in [9.17, 15) is 4.79 Å². The summed E-state index contributed by atoms with van der Waals surface area (Å²) in [7, 11) is 7.22. The Morgan fingerprint density at radius 2 is 1.67 bits per heavy atom. The van der Waals surface area contributed by atoms with Gasteiger partial charge in [-0.25, -0.2) is 4.98 Å². The zero-order chi connectivity index (χ0) is 19.4. The minimum absolute atomic E-state index is 0.0782. The summed E-state index contributed by atoms with van der Waals surface area (Å²) >= 11 is 1.49. The van der Waals surface area contributed by atoms with Gasteiger partial charge in [-0.05, 0) is 56.6 Å². The summed E-state index contributed by atoms with van der Waals surface area (Å²) in [5.74, 6) is 1.42. The summed E-state index contributed by atoms with van der Waals surface area (Å²) in [6.45, 7) is 1.29. The summed E-state index contributed by atoms with van der Waals surface area (Å²) < 4.78 is 11.5. The molecule has 0 spiro atoms. The third-order valence-electron chi connectivity index (χ3n) is 4.17. The van der Waals surface area contributed by atoms with E-state index in [2.05, 4.69) is 4.98 Å². The van der Waals surface area contributed by atoms with Crippen molar-refractivity contribution in [3.63, 3.8) is 0 Å². The van der Waals surface area contributed by atoms with Crippen LogP contribution >= 0.6 is 11.3 Å². The maximum atomic E-state index is 13.2. The molecule has 0 aliphatic rings. The van der Waals surface area contributed by atoms with Gasteiger partial charge < -0.3 is 14.4 Å². The van der Waals surface area contributed by atoms with E-state index in [0.717, 1.165) is 28.3 Å². The van der Waals surface area contributed by atoms with Crippen LogP contribution in [0.5, 0.6) is 11.5 Å². The molecule has 3 rings (SSSR count). The van der Waals surface area contributed by atoms with Gasteiger partial charge in [0.2, 0.25) is 0 Å². The van der Waals surface area contributed by atoms with E-state index in [0.29, 0.717) is 17.2 Å². The minimum Gasteiger partial charge on any atom is -0.497 e. The Morgan fingerprint density at radius 1 is 1.00 bits per heavy atom. The van der Waals surface area contributed by atoms with Crippen LogP contribution in [0.3, 0.4) is 0 Å². The highest BCUT2D eigenvalue weighted by atomic mass is 32.1. The molecule has 27 heavy (non-hydrogen) atoms. The van der Waals surface area contributed by atoms with Crippen LogP contribution in [0.15, 0.2) is 42.5 Å². The number of anilines is 1. The molecule has 2 aromatic carbocycles. The van der Waals surface area contributed by atoms with Gasteiger partial charge in [0.15, 0.2) is 5.13 Å². The van der Waals surface area contributed by atoms with Crippen LogP contribution in [0.1, 0.15) is 10.4 Å². The zero-order valence-electron chi connectivity index (χ0n) is 15.9. The number of ether oxygens (including phenoxy) is 2. The average molecular weight is 385 g/mol. The number of amides is 1. The number of aromatic nitrogens is 1. The Morgan fingerprint density at radius 3 is 2.30 bits per heavy atom. The second-order valence-electron chi connectivity index (χ2n) is 6.32. The molecule has 3 aromatic rings. The fourth-order valence-electron chi connectivity index (χ4n) is 2.61. The molecule has 1 aromatic heterocycles. The van der Waals surface area contributed by atoms with Crippen LogP contribution in [-0.4, -0.2) is 57.2 Å². The van der Waals surface area contributed by atoms with E-state index < -0.39 is 0 Å². The SMILES string of the molecule is COc1ccc(C(=O)N(CCN(C)C)c2nc3ccc(OC)cc3s2)cc1. The number of carbonyl (C=O) groups is 1. The van der Waals surface area contributed by atoms with E-state index in [4.69, 9.17) is 9.47 Å². The second kappa shape index (κ2) is 8.37. The van der Waals surface area contributed by atoms with Crippen LogP contribution in [0, 0.1) is 0 Å². The molecule has 142 valence electrons. The Hall–Kier alpha value is -2.64. The first-order valence-electron chi connectivity index (χ1n) is 8.57. The Kier molecular flexibility index (Phi) is 5.93. The first-order valence-corrected chi connectivity index (χ1v) is 9.38. The van der Waals surface area contributed by atoms with Gasteiger partial charge in [0, 0.05) is 18.7 Å². The van der Waals surface area contributed by atoms with Crippen molar-refractivity contribution in [3.05, 3.63) is 48.0 Å². The van der Waals surface area contributed by atoms with Crippen LogP contribution in [0.4, 0.5) is 5.13 Å². The maximum Gasteiger partial charge on any atom is 0.260 e. The van der Waals surface area contributed by atoms with Crippen molar-refractivity contribution < 1.29 is 14.3 Å². The van der Waals surface area contributed by atoms with E-state index >= 15 is 0 Å². The van der Waals surface area contributed by atoms with Crippen molar-refractivity contribution in [2.24, 2.45) is 0 Å². The number of methoxy groups -OCH3 is 2. The van der Waals surface area contributed by atoms with Gasteiger partial charge in [-0.3, -0.25) is 9.69 Å². The normalized spacial score (nSPS) is 11.0. The molecule has 0 radical (unpaired) electrons. The van der Waals surface area contributed by atoms with Gasteiger partial charge in [-0.1, -0.05) is 11.3 Å². The van der Waals surface area contributed by atoms with Crippen LogP contribution in [0.2, 0.25) is 0 Å². The monoisotopic (exact) mass is 385 g/mol. The van der Waals surface area contributed by atoms with E-state index in [-0.39, 0.29) is 5.91 Å². The van der Waals surface area contributed by atoms with Gasteiger partial charge in [0.1, 0.15) is 11.5 Å². The summed E-state index contributed by atoms with van der Waals surface area (Å²) in [6, 6.07) is 12.9. The molecule has 0 bridgehead atoms. The van der Waals surface area contributed by atoms with Crippen molar-refractivity contribution in [3.8, 4) is 11.5 Å². The number of benzene rings is 2. The Balaban J connectivity index is 1.95. The van der Waals surface area contributed by atoms with E-state index in [1.165, 1.54) is 11.3 Å². The zero-order valence-corrected chi connectivity index (χ0v) is 16.7. The van der Waals surface area contributed by atoms with Crippen molar-refractivity contribution >= 4 is 32.6 Å². The standard InChI is InChI=1S/C20H23N3O3S/c1-22(2)11-12-23(19(24)14-5-7-15(25-3)8-6-14)20-21-17-10-9-16(26-4)13-18(17)27-20/h5-10,13H,11-12H2,1-4H3. The van der Waals surface area contributed by atoms with Crippen LogP contribution < -0.4 is 14.4 Å². The number of hydrogen-bond donors (Lipinski definition) is 0. The lowest BCUT2D eigenvalue weighted by molar-refractivity contribution is 0.0985. The summed E-state index contributed by atoms with van der Waals surface area (Å²) in [6.07, 6.45) is 0. The maximum absolute atomic E-state index is 13.2. The molecule has 0 aliphatic heterocycles. The lowest BCUT2D eigenvalue weighted by atomic mass is 10.2. The largest absolute Gasteiger partial charge is 0.497 e. The van der Waals surface area contributed by atoms with Crippen molar-refractivity contribution in [2.45, 2.75) is 0 Å². The predicted molar refractivity (Wildman–Crippen MR) is 109 cm³/mol.